The Bertz CT molecular complexity index is 1410. The van der Waals surface area contributed by atoms with Gasteiger partial charge in [-0.25, -0.2) is 8.42 Å². The quantitative estimate of drug-likeness (QED) is 0.214. The number of Topliss-reactive ketones (excluding diaryl/α,β-unsaturated/α-hetero) is 1. The molecule has 3 amide bonds. The molecule has 1 aliphatic heterocycles. The summed E-state index contributed by atoms with van der Waals surface area (Å²) in [5, 5.41) is 2.50. The van der Waals surface area contributed by atoms with Gasteiger partial charge < -0.3 is 14.8 Å². The third-order valence-corrected chi connectivity index (χ3v) is 7.33. The van der Waals surface area contributed by atoms with Gasteiger partial charge in [-0.3, -0.25) is 24.1 Å². The molecule has 0 fully saturated rings. The van der Waals surface area contributed by atoms with Crippen LogP contribution in [0.4, 0.5) is 5.69 Å². The van der Waals surface area contributed by atoms with Crippen molar-refractivity contribution in [3.05, 3.63) is 52.6 Å². The summed E-state index contributed by atoms with van der Waals surface area (Å²) < 4.78 is 35.9. The molecule has 0 radical (unpaired) electrons. The van der Waals surface area contributed by atoms with Gasteiger partial charge in [-0.1, -0.05) is 19.4 Å². The third kappa shape index (κ3) is 6.59. The molecule has 0 aromatic heterocycles. The van der Waals surface area contributed by atoms with Gasteiger partial charge in [0.1, 0.15) is 15.7 Å². The predicted molar refractivity (Wildman–Crippen MR) is 147 cm³/mol. The number of hydrogen-bond acceptors (Lipinski definition) is 8. The molecular formula is C27H31ClN2O8S. The number of unbranched alkanes of at least 4 members (excludes halogenated alkanes) is 1. The summed E-state index contributed by atoms with van der Waals surface area (Å²) in [6.07, 6.45) is 2.47. The predicted octanol–water partition coefficient (Wildman–Crippen LogP) is 4.03. The van der Waals surface area contributed by atoms with Gasteiger partial charge in [0.15, 0.2) is 17.3 Å². The van der Waals surface area contributed by atoms with E-state index in [2.05, 4.69) is 5.32 Å². The number of alkyl halides is 1. The van der Waals surface area contributed by atoms with Crippen LogP contribution in [0.5, 0.6) is 11.5 Å². The number of hydrogen-bond donors (Lipinski definition) is 1. The molecule has 1 heterocycles. The molecule has 1 atom stereocenters. The maximum absolute atomic E-state index is 13.9. The number of methoxy groups -OCH3 is 1. The number of ether oxygens (including phenoxy) is 2. The fourth-order valence-corrected chi connectivity index (χ4v) is 5.41. The van der Waals surface area contributed by atoms with Crippen molar-refractivity contribution < 1.29 is 37.1 Å². The number of carbonyl (C=O) groups excluding carboxylic acids is 4. The number of rotatable bonds is 13. The number of carbonyl (C=O) groups is 4. The zero-order valence-electron chi connectivity index (χ0n) is 22.2. The first kappa shape index (κ1) is 30.1. The molecule has 0 aliphatic carbocycles. The zero-order valence-corrected chi connectivity index (χ0v) is 23.8. The highest BCUT2D eigenvalue weighted by Gasteiger charge is 2.45. The first-order chi connectivity index (χ1) is 18.5. The summed E-state index contributed by atoms with van der Waals surface area (Å²) in [7, 11) is -2.28. The minimum Gasteiger partial charge on any atom is -0.493 e. The van der Waals surface area contributed by atoms with E-state index in [1.165, 1.54) is 25.3 Å². The molecule has 12 heteroatoms. The van der Waals surface area contributed by atoms with Crippen molar-refractivity contribution in [3.63, 3.8) is 0 Å². The Morgan fingerprint density at radius 3 is 2.33 bits per heavy atom. The number of amides is 3. The molecule has 39 heavy (non-hydrogen) atoms. The van der Waals surface area contributed by atoms with E-state index in [0.29, 0.717) is 23.5 Å². The van der Waals surface area contributed by atoms with Crippen LogP contribution in [-0.2, 0) is 14.6 Å². The molecule has 210 valence electrons. The monoisotopic (exact) mass is 578 g/mol. The summed E-state index contributed by atoms with van der Waals surface area (Å²) in [5.41, 5.74) is -0.00911. The average molecular weight is 579 g/mol. The Morgan fingerprint density at radius 2 is 1.74 bits per heavy atom. The number of fused-ring (bicyclic) bond motifs is 1. The second-order valence-corrected chi connectivity index (χ2v) is 11.5. The standard InChI is InChI=1S/C27H31ClN2O8S/c1-5-7-8-20(31)17-10-11-18(29-23(32)14-28)25-24(17)26(33)30(27(25)34)19(15-39(4,35)36)16-9-12-21(37-3)22(13-16)38-6-2/h9-13,19H,5-8,14-15H2,1-4H3,(H,29,32)/t19-/m1/s1. The first-order valence-electron chi connectivity index (χ1n) is 12.4. The van der Waals surface area contributed by atoms with Crippen LogP contribution in [0.2, 0.25) is 0 Å². The van der Waals surface area contributed by atoms with Gasteiger partial charge in [0.05, 0.1) is 42.3 Å². The normalized spacial score (nSPS) is 13.7. The van der Waals surface area contributed by atoms with E-state index in [1.54, 1.807) is 19.1 Å². The number of halogens is 1. The lowest BCUT2D eigenvalue weighted by atomic mass is 9.95. The average Bonchev–Trinajstić information content (AvgIpc) is 3.16. The van der Waals surface area contributed by atoms with E-state index >= 15 is 0 Å². The van der Waals surface area contributed by atoms with Gasteiger partial charge in [0.25, 0.3) is 11.8 Å². The van der Waals surface area contributed by atoms with Crippen molar-refractivity contribution in [2.45, 2.75) is 39.2 Å². The minimum absolute atomic E-state index is 0.00591. The summed E-state index contributed by atoms with van der Waals surface area (Å²) in [6, 6.07) is 6.13. The van der Waals surface area contributed by atoms with Crippen LogP contribution in [0, 0.1) is 0 Å². The van der Waals surface area contributed by atoms with Crippen LogP contribution in [0.25, 0.3) is 0 Å². The molecule has 0 bridgehead atoms. The Morgan fingerprint density at radius 1 is 1.05 bits per heavy atom. The van der Waals surface area contributed by atoms with Crippen LogP contribution in [0.3, 0.4) is 0 Å². The van der Waals surface area contributed by atoms with Crippen molar-refractivity contribution in [1.29, 1.82) is 0 Å². The second kappa shape index (κ2) is 12.6. The molecule has 10 nitrogen and oxygen atoms in total. The number of benzene rings is 2. The first-order valence-corrected chi connectivity index (χ1v) is 15.0. The number of anilines is 1. The fourth-order valence-electron chi connectivity index (χ4n) is 4.43. The maximum Gasteiger partial charge on any atom is 0.264 e. The molecule has 3 rings (SSSR count). The Hall–Kier alpha value is -3.44. The summed E-state index contributed by atoms with van der Waals surface area (Å²) in [5.74, 6) is -2.93. The van der Waals surface area contributed by atoms with Gasteiger partial charge in [0.2, 0.25) is 5.91 Å². The molecular weight excluding hydrogens is 548 g/mol. The van der Waals surface area contributed by atoms with Gasteiger partial charge in [-0.05, 0) is 43.2 Å². The van der Waals surface area contributed by atoms with Crippen LogP contribution in [0.15, 0.2) is 30.3 Å². The Kier molecular flexibility index (Phi) is 9.73. The maximum atomic E-state index is 13.9. The topological polar surface area (TPSA) is 136 Å². The van der Waals surface area contributed by atoms with E-state index in [1.807, 2.05) is 6.92 Å². The molecule has 0 spiro atoms. The van der Waals surface area contributed by atoms with Crippen molar-refractivity contribution in [1.82, 2.24) is 4.90 Å². The highest BCUT2D eigenvalue weighted by Crippen LogP contribution is 2.40. The Balaban J connectivity index is 2.22. The van der Waals surface area contributed by atoms with Crippen molar-refractivity contribution >= 4 is 50.6 Å². The molecule has 0 saturated heterocycles. The van der Waals surface area contributed by atoms with Gasteiger partial charge in [-0.15, -0.1) is 11.6 Å². The third-order valence-electron chi connectivity index (χ3n) is 6.17. The minimum atomic E-state index is -3.73. The van der Waals surface area contributed by atoms with Gasteiger partial charge in [0, 0.05) is 18.2 Å². The number of sulfone groups is 1. The SMILES string of the molecule is CCCCC(=O)c1ccc(NC(=O)CCl)c2c1C(=O)N([C@H](CS(C)(=O)=O)c1ccc(OC)c(OCC)c1)C2=O. The van der Waals surface area contributed by atoms with Crippen molar-refractivity contribution in [2.24, 2.45) is 0 Å². The van der Waals surface area contributed by atoms with Gasteiger partial charge >= 0.3 is 0 Å². The fraction of sp³-hybridized carbons (Fsp3) is 0.407. The zero-order chi connectivity index (χ0) is 28.9. The molecule has 0 unspecified atom stereocenters. The summed E-state index contributed by atoms with van der Waals surface area (Å²) >= 11 is 5.64. The summed E-state index contributed by atoms with van der Waals surface area (Å²) in [6.45, 7) is 3.97. The number of nitrogens with zero attached hydrogens (tertiary/aromatic N) is 1. The molecule has 1 aliphatic rings. The van der Waals surface area contributed by atoms with E-state index in [9.17, 15) is 27.6 Å². The highest BCUT2D eigenvalue weighted by atomic mass is 35.5. The smallest absolute Gasteiger partial charge is 0.264 e. The van der Waals surface area contributed by atoms with E-state index < -0.39 is 45.2 Å². The molecule has 1 N–H and O–H groups in total. The van der Waals surface area contributed by atoms with Crippen LogP contribution >= 0.6 is 11.6 Å². The van der Waals surface area contributed by atoms with E-state index in [0.717, 1.165) is 17.6 Å². The van der Waals surface area contributed by atoms with Crippen LogP contribution in [-0.4, -0.2) is 68.4 Å². The molecule has 2 aromatic carbocycles. The van der Waals surface area contributed by atoms with Crippen LogP contribution < -0.4 is 14.8 Å². The van der Waals surface area contributed by atoms with E-state index in [-0.39, 0.29) is 41.2 Å². The molecule has 2 aromatic rings. The lowest BCUT2D eigenvalue weighted by Crippen LogP contribution is -2.38. The Labute approximate surface area is 232 Å². The number of nitrogens with one attached hydrogen (secondary N) is 1. The van der Waals surface area contributed by atoms with E-state index in [4.69, 9.17) is 21.1 Å². The number of ketones is 1. The van der Waals surface area contributed by atoms with Crippen LogP contribution in [0.1, 0.15) is 75.8 Å². The van der Waals surface area contributed by atoms with Crippen molar-refractivity contribution in [3.8, 4) is 11.5 Å². The second-order valence-electron chi connectivity index (χ2n) is 9.05. The largest absolute Gasteiger partial charge is 0.493 e. The van der Waals surface area contributed by atoms with Crippen molar-refractivity contribution in [2.75, 3.05) is 36.9 Å². The lowest BCUT2D eigenvalue weighted by molar-refractivity contribution is -0.113. The molecule has 0 saturated carbocycles. The number of imide groups is 1. The summed E-state index contributed by atoms with van der Waals surface area (Å²) in [4.78, 5) is 53.8. The highest BCUT2D eigenvalue weighted by molar-refractivity contribution is 7.90. The van der Waals surface area contributed by atoms with Gasteiger partial charge in [-0.2, -0.15) is 0 Å². The lowest BCUT2D eigenvalue weighted by Gasteiger charge is -2.27.